The van der Waals surface area contributed by atoms with E-state index in [9.17, 15) is 14.7 Å². The molecular weight excluding hydrogens is 360 g/mol. The highest BCUT2D eigenvalue weighted by Crippen LogP contribution is 2.35. The van der Waals surface area contributed by atoms with Crippen molar-refractivity contribution in [2.45, 2.75) is 46.1 Å². The van der Waals surface area contributed by atoms with Crippen LogP contribution in [0.3, 0.4) is 0 Å². The Hall–Kier alpha value is -2.47. The van der Waals surface area contributed by atoms with Gasteiger partial charge in [-0.1, -0.05) is 30.3 Å². The van der Waals surface area contributed by atoms with E-state index in [1.165, 1.54) is 4.88 Å². The number of fused-ring (bicyclic) bond motifs is 3. The third kappa shape index (κ3) is 3.08. The van der Waals surface area contributed by atoms with Gasteiger partial charge >= 0.3 is 5.97 Å². The van der Waals surface area contributed by atoms with Gasteiger partial charge in [0.15, 0.2) is 0 Å². The summed E-state index contributed by atoms with van der Waals surface area (Å²) >= 11 is 1.61. The number of aliphatic carboxylic acids is 1. The molecule has 0 bridgehead atoms. The van der Waals surface area contributed by atoms with Gasteiger partial charge in [0, 0.05) is 17.0 Å². The zero-order valence-corrected chi connectivity index (χ0v) is 16.3. The molecule has 0 radical (unpaired) electrons. The van der Waals surface area contributed by atoms with Gasteiger partial charge in [0.1, 0.15) is 10.7 Å². The minimum Gasteiger partial charge on any atom is -0.481 e. The zero-order valence-electron chi connectivity index (χ0n) is 15.5. The first kappa shape index (κ1) is 17.9. The van der Waals surface area contributed by atoms with Crippen molar-refractivity contribution in [2.24, 2.45) is 5.41 Å². The SMILES string of the molecule is CC(C)(Cn1c(-c2ccccc2)nc2sc3c(c2c1=O)CCCC3)C(=O)O. The number of aryl methyl sites for hydroxylation is 2. The van der Waals surface area contributed by atoms with Gasteiger partial charge in [-0.3, -0.25) is 14.2 Å². The molecule has 27 heavy (non-hydrogen) atoms. The second kappa shape index (κ2) is 6.60. The van der Waals surface area contributed by atoms with E-state index in [2.05, 4.69) is 0 Å². The molecule has 0 spiro atoms. The van der Waals surface area contributed by atoms with Gasteiger partial charge in [-0.25, -0.2) is 4.98 Å². The van der Waals surface area contributed by atoms with E-state index in [0.717, 1.165) is 41.6 Å². The van der Waals surface area contributed by atoms with Crippen molar-refractivity contribution in [3.05, 3.63) is 51.1 Å². The molecule has 1 aliphatic rings. The number of benzene rings is 1. The van der Waals surface area contributed by atoms with Crippen molar-refractivity contribution in [3.63, 3.8) is 0 Å². The molecule has 0 saturated carbocycles. The predicted molar refractivity (Wildman–Crippen MR) is 107 cm³/mol. The summed E-state index contributed by atoms with van der Waals surface area (Å²) in [7, 11) is 0. The minimum atomic E-state index is -1.07. The Kier molecular flexibility index (Phi) is 4.38. The molecule has 3 aromatic rings. The van der Waals surface area contributed by atoms with E-state index in [1.807, 2.05) is 30.3 Å². The normalized spacial score (nSPS) is 14.3. The van der Waals surface area contributed by atoms with Crippen LogP contribution in [0.2, 0.25) is 0 Å². The number of thiophene rings is 1. The molecule has 2 aromatic heterocycles. The highest BCUT2D eigenvalue weighted by atomic mass is 32.1. The average molecular weight is 382 g/mol. The van der Waals surface area contributed by atoms with Gasteiger partial charge in [0.05, 0.1) is 10.8 Å². The van der Waals surface area contributed by atoms with Crippen LogP contribution in [0.15, 0.2) is 35.1 Å². The molecule has 0 unspecified atom stereocenters. The van der Waals surface area contributed by atoms with Crippen LogP contribution in [0.5, 0.6) is 0 Å². The van der Waals surface area contributed by atoms with E-state index in [-0.39, 0.29) is 12.1 Å². The molecule has 6 heteroatoms. The van der Waals surface area contributed by atoms with Crippen molar-refractivity contribution in [3.8, 4) is 11.4 Å². The van der Waals surface area contributed by atoms with Crippen LogP contribution >= 0.6 is 11.3 Å². The minimum absolute atomic E-state index is 0.0823. The van der Waals surface area contributed by atoms with Crippen LogP contribution in [0, 0.1) is 5.41 Å². The Morgan fingerprint density at radius 2 is 1.93 bits per heavy atom. The van der Waals surface area contributed by atoms with Gasteiger partial charge in [0.25, 0.3) is 5.56 Å². The second-order valence-electron chi connectivity index (χ2n) is 7.77. The van der Waals surface area contributed by atoms with E-state index < -0.39 is 11.4 Å². The van der Waals surface area contributed by atoms with Crippen LogP contribution in [0.1, 0.15) is 37.1 Å². The monoisotopic (exact) mass is 382 g/mol. The molecule has 5 nitrogen and oxygen atoms in total. The summed E-state index contributed by atoms with van der Waals surface area (Å²) in [6.45, 7) is 3.37. The summed E-state index contributed by atoms with van der Waals surface area (Å²) in [6.07, 6.45) is 4.13. The molecule has 0 atom stereocenters. The summed E-state index contributed by atoms with van der Waals surface area (Å²) in [5.41, 5.74) is 0.760. The van der Waals surface area contributed by atoms with Crippen LogP contribution in [-0.2, 0) is 24.2 Å². The molecule has 140 valence electrons. The molecule has 0 fully saturated rings. The smallest absolute Gasteiger partial charge is 0.310 e. The Morgan fingerprint density at radius 3 is 2.63 bits per heavy atom. The average Bonchev–Trinajstić information content (AvgIpc) is 3.03. The molecule has 1 aromatic carbocycles. The number of carboxylic acids is 1. The van der Waals surface area contributed by atoms with Crippen molar-refractivity contribution in [1.29, 1.82) is 0 Å². The van der Waals surface area contributed by atoms with Crippen molar-refractivity contribution >= 4 is 27.5 Å². The third-order valence-corrected chi connectivity index (χ3v) is 6.42. The Balaban J connectivity index is 2.01. The van der Waals surface area contributed by atoms with E-state index in [1.54, 1.807) is 29.8 Å². The van der Waals surface area contributed by atoms with Crippen LogP contribution in [0.4, 0.5) is 0 Å². The first-order valence-corrected chi connectivity index (χ1v) is 10.0. The number of hydrogen-bond acceptors (Lipinski definition) is 4. The molecular formula is C21H22N2O3S. The topological polar surface area (TPSA) is 72.2 Å². The number of rotatable bonds is 4. The number of carboxylic acid groups (broad SMARTS) is 1. The van der Waals surface area contributed by atoms with Crippen molar-refractivity contribution in [1.82, 2.24) is 9.55 Å². The van der Waals surface area contributed by atoms with Crippen molar-refractivity contribution in [2.75, 3.05) is 0 Å². The maximum atomic E-state index is 13.5. The fourth-order valence-corrected chi connectivity index (χ4v) is 4.91. The summed E-state index contributed by atoms with van der Waals surface area (Å²) in [5.74, 6) is -0.387. The predicted octanol–water partition coefficient (Wildman–Crippen LogP) is 4.11. The van der Waals surface area contributed by atoms with Crippen molar-refractivity contribution < 1.29 is 9.90 Å². The van der Waals surface area contributed by atoms with E-state index >= 15 is 0 Å². The molecule has 0 aliphatic heterocycles. The van der Waals surface area contributed by atoms with Gasteiger partial charge in [-0.15, -0.1) is 11.3 Å². The quantitative estimate of drug-likeness (QED) is 0.737. The number of nitrogens with zero attached hydrogens (tertiary/aromatic N) is 2. The maximum absolute atomic E-state index is 13.5. The number of carbonyl (C=O) groups is 1. The van der Waals surface area contributed by atoms with Crippen LogP contribution in [-0.4, -0.2) is 20.6 Å². The molecule has 0 saturated heterocycles. The Morgan fingerprint density at radius 1 is 1.22 bits per heavy atom. The van der Waals surface area contributed by atoms with Crippen LogP contribution in [0.25, 0.3) is 21.6 Å². The fourth-order valence-electron chi connectivity index (χ4n) is 3.66. The molecule has 0 amide bonds. The lowest BCUT2D eigenvalue weighted by Gasteiger charge is -2.22. The number of aromatic nitrogens is 2. The summed E-state index contributed by atoms with van der Waals surface area (Å²) in [5, 5.41) is 10.3. The first-order chi connectivity index (χ1) is 12.9. The largest absolute Gasteiger partial charge is 0.481 e. The maximum Gasteiger partial charge on any atom is 0.310 e. The van der Waals surface area contributed by atoms with E-state index in [0.29, 0.717) is 11.2 Å². The fraction of sp³-hybridized carbons (Fsp3) is 0.381. The Labute approximate surface area is 161 Å². The summed E-state index contributed by atoms with van der Waals surface area (Å²) in [6, 6.07) is 9.53. The molecule has 1 aliphatic carbocycles. The lowest BCUT2D eigenvalue weighted by atomic mass is 9.93. The Bertz CT molecular complexity index is 1080. The number of hydrogen-bond donors (Lipinski definition) is 1. The first-order valence-electron chi connectivity index (χ1n) is 9.22. The van der Waals surface area contributed by atoms with Gasteiger partial charge in [-0.2, -0.15) is 0 Å². The van der Waals surface area contributed by atoms with Gasteiger partial charge in [-0.05, 0) is 45.1 Å². The highest BCUT2D eigenvalue weighted by Gasteiger charge is 2.31. The zero-order chi connectivity index (χ0) is 19.2. The second-order valence-corrected chi connectivity index (χ2v) is 8.86. The third-order valence-electron chi connectivity index (χ3n) is 5.24. The van der Waals surface area contributed by atoms with Crippen LogP contribution < -0.4 is 5.56 Å². The van der Waals surface area contributed by atoms with E-state index in [4.69, 9.17) is 4.98 Å². The summed E-state index contributed by atoms with van der Waals surface area (Å²) in [4.78, 5) is 32.1. The molecule has 2 heterocycles. The standard InChI is InChI=1S/C21H22N2O3S/c1-21(2,20(25)26)12-23-17(13-8-4-3-5-9-13)22-18-16(19(23)24)14-10-6-7-11-15(14)27-18/h3-5,8-9H,6-7,10-12H2,1-2H3,(H,25,26). The summed E-state index contributed by atoms with van der Waals surface area (Å²) < 4.78 is 1.56. The van der Waals surface area contributed by atoms with Gasteiger partial charge in [0.2, 0.25) is 0 Å². The molecule has 1 N–H and O–H groups in total. The lowest BCUT2D eigenvalue weighted by Crippen LogP contribution is -2.35. The molecule has 4 rings (SSSR count). The highest BCUT2D eigenvalue weighted by molar-refractivity contribution is 7.18. The lowest BCUT2D eigenvalue weighted by molar-refractivity contribution is -0.147. The van der Waals surface area contributed by atoms with Gasteiger partial charge < -0.3 is 5.11 Å².